The summed E-state index contributed by atoms with van der Waals surface area (Å²) in [5.41, 5.74) is 2.53. The van der Waals surface area contributed by atoms with Gasteiger partial charge in [-0.1, -0.05) is 12.1 Å². The Hall–Kier alpha value is -1.35. The van der Waals surface area contributed by atoms with Gasteiger partial charge >= 0.3 is 5.97 Å². The highest BCUT2D eigenvalue weighted by atomic mass is 16.4. The molecule has 1 aromatic rings. The predicted molar refractivity (Wildman–Crippen MR) is 53.7 cm³/mol. The maximum Gasteiger partial charge on any atom is 0.335 e. The molecule has 3 nitrogen and oxygen atoms in total. The van der Waals surface area contributed by atoms with Gasteiger partial charge < -0.3 is 10.4 Å². The largest absolute Gasteiger partial charge is 0.478 e. The smallest absolute Gasteiger partial charge is 0.335 e. The van der Waals surface area contributed by atoms with E-state index in [0.717, 1.165) is 24.2 Å². The maximum atomic E-state index is 11.0. The third-order valence-electron chi connectivity index (χ3n) is 2.74. The van der Waals surface area contributed by atoms with Crippen LogP contribution in [0, 0.1) is 6.92 Å². The summed E-state index contributed by atoms with van der Waals surface area (Å²) in [5, 5.41) is 12.2. The van der Waals surface area contributed by atoms with Gasteiger partial charge in [0.25, 0.3) is 0 Å². The van der Waals surface area contributed by atoms with Gasteiger partial charge in [-0.3, -0.25) is 0 Å². The van der Waals surface area contributed by atoms with Crippen LogP contribution in [0.2, 0.25) is 0 Å². The molecule has 2 N–H and O–H groups in total. The zero-order valence-electron chi connectivity index (χ0n) is 8.08. The number of aryl methyl sites for hydroxylation is 1. The minimum Gasteiger partial charge on any atom is -0.478 e. The summed E-state index contributed by atoms with van der Waals surface area (Å²) in [6, 6.07) is 5.46. The highest BCUT2D eigenvalue weighted by Crippen LogP contribution is 2.26. The monoisotopic (exact) mass is 191 g/mol. The molecule has 2 rings (SSSR count). The second-order valence-electron chi connectivity index (χ2n) is 3.70. The molecule has 0 saturated carbocycles. The van der Waals surface area contributed by atoms with Crippen LogP contribution in [0.3, 0.4) is 0 Å². The average molecular weight is 191 g/mol. The molecule has 1 fully saturated rings. The number of nitrogens with one attached hydrogen (secondary N) is 1. The van der Waals surface area contributed by atoms with Crippen molar-refractivity contribution in [1.82, 2.24) is 5.32 Å². The van der Waals surface area contributed by atoms with E-state index in [2.05, 4.69) is 5.32 Å². The molecule has 0 atom stereocenters. The number of benzene rings is 1. The van der Waals surface area contributed by atoms with Crippen molar-refractivity contribution in [1.29, 1.82) is 0 Å². The van der Waals surface area contributed by atoms with Crippen molar-refractivity contribution in [2.24, 2.45) is 0 Å². The van der Waals surface area contributed by atoms with Crippen LogP contribution in [0.25, 0.3) is 0 Å². The lowest BCUT2D eigenvalue weighted by Gasteiger charge is -2.29. The van der Waals surface area contributed by atoms with Crippen molar-refractivity contribution in [3.63, 3.8) is 0 Å². The van der Waals surface area contributed by atoms with Crippen LogP contribution >= 0.6 is 0 Å². The predicted octanol–water partition coefficient (Wildman–Crippen LogP) is 1.38. The summed E-state index contributed by atoms with van der Waals surface area (Å²) in [6.45, 7) is 3.76. The van der Waals surface area contributed by atoms with Crippen LogP contribution in [0.15, 0.2) is 18.2 Å². The van der Waals surface area contributed by atoms with Crippen LogP contribution in [0.4, 0.5) is 0 Å². The molecule has 0 bridgehead atoms. The van der Waals surface area contributed by atoms with E-state index in [1.807, 2.05) is 13.0 Å². The Kier molecular flexibility index (Phi) is 2.25. The minimum atomic E-state index is -0.824. The number of hydrogen-bond acceptors (Lipinski definition) is 2. The number of rotatable bonds is 2. The van der Waals surface area contributed by atoms with Crippen LogP contribution in [-0.4, -0.2) is 24.2 Å². The van der Waals surface area contributed by atoms with Gasteiger partial charge in [-0.05, 0) is 24.1 Å². The molecule has 0 aliphatic carbocycles. The molecule has 1 aromatic carbocycles. The first kappa shape index (κ1) is 9.21. The number of aromatic carboxylic acids is 1. The number of carboxylic acid groups (broad SMARTS) is 1. The normalized spacial score (nSPS) is 16.4. The van der Waals surface area contributed by atoms with Crippen molar-refractivity contribution >= 4 is 5.97 Å². The molecule has 0 aromatic heterocycles. The second kappa shape index (κ2) is 3.42. The molecule has 1 aliphatic heterocycles. The second-order valence-corrected chi connectivity index (χ2v) is 3.70. The topological polar surface area (TPSA) is 49.3 Å². The van der Waals surface area contributed by atoms with Crippen LogP contribution in [0.5, 0.6) is 0 Å². The molecule has 74 valence electrons. The lowest BCUT2D eigenvalue weighted by atomic mass is 9.86. The Morgan fingerprint density at radius 3 is 2.71 bits per heavy atom. The van der Waals surface area contributed by atoms with E-state index in [0.29, 0.717) is 11.5 Å². The molecule has 3 heteroatoms. The lowest BCUT2D eigenvalue weighted by molar-refractivity contribution is 0.0694. The maximum absolute atomic E-state index is 11.0. The quantitative estimate of drug-likeness (QED) is 0.742. The van der Waals surface area contributed by atoms with Gasteiger partial charge in [-0.25, -0.2) is 4.79 Å². The van der Waals surface area contributed by atoms with E-state index in [9.17, 15) is 4.79 Å². The van der Waals surface area contributed by atoms with Gasteiger partial charge in [-0.2, -0.15) is 0 Å². The molecule has 1 aliphatic rings. The molecule has 0 amide bonds. The number of carbonyl (C=O) groups is 1. The standard InChI is InChI=1S/C11H13NO2/c1-7-3-2-4-9(11(13)14)10(7)8-5-12-6-8/h2-4,8,12H,5-6H2,1H3,(H,13,14). The molecule has 0 spiro atoms. The van der Waals surface area contributed by atoms with Crippen LogP contribution < -0.4 is 5.32 Å². The van der Waals surface area contributed by atoms with E-state index in [-0.39, 0.29) is 0 Å². The van der Waals surface area contributed by atoms with Crippen LogP contribution in [-0.2, 0) is 0 Å². The molecule has 1 saturated heterocycles. The minimum absolute atomic E-state index is 0.377. The highest BCUT2D eigenvalue weighted by molar-refractivity contribution is 5.90. The van der Waals surface area contributed by atoms with Crippen LogP contribution in [0.1, 0.15) is 27.4 Å². The fourth-order valence-electron chi connectivity index (χ4n) is 1.90. The molecule has 1 heterocycles. The third-order valence-corrected chi connectivity index (χ3v) is 2.74. The number of carboxylic acids is 1. The number of hydrogen-bond donors (Lipinski definition) is 2. The fraction of sp³-hybridized carbons (Fsp3) is 0.364. The average Bonchev–Trinajstić information content (AvgIpc) is 2.04. The Bertz CT molecular complexity index is 370. The fourth-order valence-corrected chi connectivity index (χ4v) is 1.90. The van der Waals surface area contributed by atoms with Gasteiger partial charge in [0.15, 0.2) is 0 Å². The molecular weight excluding hydrogens is 178 g/mol. The Morgan fingerprint density at radius 2 is 2.21 bits per heavy atom. The van der Waals surface area contributed by atoms with Gasteiger partial charge in [0.2, 0.25) is 0 Å². The van der Waals surface area contributed by atoms with Gasteiger partial charge in [0.1, 0.15) is 0 Å². The molecule has 14 heavy (non-hydrogen) atoms. The van der Waals surface area contributed by atoms with E-state index >= 15 is 0 Å². The van der Waals surface area contributed by atoms with E-state index in [4.69, 9.17) is 5.11 Å². The summed E-state index contributed by atoms with van der Waals surface area (Å²) in [4.78, 5) is 11.0. The first-order chi connectivity index (χ1) is 6.70. The first-order valence-corrected chi connectivity index (χ1v) is 4.73. The lowest BCUT2D eigenvalue weighted by Crippen LogP contribution is -2.41. The van der Waals surface area contributed by atoms with Gasteiger partial charge in [-0.15, -0.1) is 0 Å². The van der Waals surface area contributed by atoms with Crippen molar-refractivity contribution < 1.29 is 9.90 Å². The third kappa shape index (κ3) is 1.40. The van der Waals surface area contributed by atoms with E-state index in [1.165, 1.54) is 0 Å². The Balaban J connectivity index is 2.47. The van der Waals surface area contributed by atoms with E-state index in [1.54, 1.807) is 12.1 Å². The SMILES string of the molecule is Cc1cccc(C(=O)O)c1C1CNC1. The summed E-state index contributed by atoms with van der Waals surface area (Å²) >= 11 is 0. The first-order valence-electron chi connectivity index (χ1n) is 4.73. The summed E-state index contributed by atoms with van der Waals surface area (Å²) in [5.74, 6) is -0.446. The Labute approximate surface area is 82.8 Å². The summed E-state index contributed by atoms with van der Waals surface area (Å²) in [7, 11) is 0. The Morgan fingerprint density at radius 1 is 1.50 bits per heavy atom. The summed E-state index contributed by atoms with van der Waals surface area (Å²) in [6.07, 6.45) is 0. The molecule has 0 radical (unpaired) electrons. The van der Waals surface area contributed by atoms with Crippen molar-refractivity contribution in [3.05, 3.63) is 34.9 Å². The molecular formula is C11H13NO2. The van der Waals surface area contributed by atoms with Gasteiger partial charge in [0.05, 0.1) is 5.56 Å². The van der Waals surface area contributed by atoms with Crippen molar-refractivity contribution in [3.8, 4) is 0 Å². The highest BCUT2D eigenvalue weighted by Gasteiger charge is 2.25. The zero-order valence-corrected chi connectivity index (χ0v) is 8.08. The molecule has 0 unspecified atom stereocenters. The zero-order chi connectivity index (χ0) is 10.1. The van der Waals surface area contributed by atoms with Crippen molar-refractivity contribution in [2.75, 3.05) is 13.1 Å². The summed E-state index contributed by atoms with van der Waals surface area (Å²) < 4.78 is 0. The van der Waals surface area contributed by atoms with Crippen molar-refractivity contribution in [2.45, 2.75) is 12.8 Å². The van der Waals surface area contributed by atoms with E-state index < -0.39 is 5.97 Å². The van der Waals surface area contributed by atoms with Gasteiger partial charge in [0, 0.05) is 19.0 Å².